The van der Waals surface area contributed by atoms with Crippen molar-refractivity contribution >= 4 is 5.97 Å². The SMILES string of the molecule is C=CC(CC(=O)O)[N+](=O)[O-]. The molecule has 0 fully saturated rings. The summed E-state index contributed by atoms with van der Waals surface area (Å²) < 4.78 is 0. The van der Waals surface area contributed by atoms with E-state index in [1.165, 1.54) is 0 Å². The minimum Gasteiger partial charge on any atom is -0.481 e. The van der Waals surface area contributed by atoms with E-state index < -0.39 is 23.4 Å². The van der Waals surface area contributed by atoms with Gasteiger partial charge in [-0.15, -0.1) is 0 Å². The Balaban J connectivity index is 3.96. The molecule has 0 amide bonds. The van der Waals surface area contributed by atoms with Gasteiger partial charge in [0.1, 0.15) is 6.42 Å². The maximum Gasteiger partial charge on any atom is 0.310 e. The third-order valence-corrected chi connectivity index (χ3v) is 0.927. The van der Waals surface area contributed by atoms with Crippen molar-refractivity contribution in [3.8, 4) is 0 Å². The van der Waals surface area contributed by atoms with Crippen molar-refractivity contribution in [3.05, 3.63) is 22.8 Å². The van der Waals surface area contributed by atoms with Gasteiger partial charge in [-0.2, -0.15) is 0 Å². The summed E-state index contributed by atoms with van der Waals surface area (Å²) in [7, 11) is 0. The van der Waals surface area contributed by atoms with E-state index in [9.17, 15) is 14.9 Å². The second-order valence-electron chi connectivity index (χ2n) is 1.69. The van der Waals surface area contributed by atoms with Crippen LogP contribution in [0.1, 0.15) is 6.42 Å². The van der Waals surface area contributed by atoms with E-state index in [2.05, 4.69) is 6.58 Å². The zero-order valence-electron chi connectivity index (χ0n) is 5.19. The second-order valence-corrected chi connectivity index (χ2v) is 1.69. The smallest absolute Gasteiger partial charge is 0.310 e. The fourth-order valence-corrected chi connectivity index (χ4v) is 0.423. The molecule has 0 aliphatic heterocycles. The Morgan fingerprint density at radius 2 is 2.40 bits per heavy atom. The summed E-state index contributed by atoms with van der Waals surface area (Å²) in [6.07, 6.45) is 0.505. The molecule has 0 aromatic rings. The third kappa shape index (κ3) is 2.81. The zero-order valence-corrected chi connectivity index (χ0v) is 5.19. The Morgan fingerprint density at radius 1 is 1.90 bits per heavy atom. The van der Waals surface area contributed by atoms with Crippen LogP contribution in [0.3, 0.4) is 0 Å². The molecule has 10 heavy (non-hydrogen) atoms. The quantitative estimate of drug-likeness (QED) is 0.350. The number of aliphatic carboxylic acids is 1. The number of nitrogens with zero attached hydrogens (tertiary/aromatic N) is 1. The van der Waals surface area contributed by atoms with E-state index in [0.717, 1.165) is 6.08 Å². The van der Waals surface area contributed by atoms with Crippen LogP contribution in [0.4, 0.5) is 0 Å². The molecule has 0 aliphatic carbocycles. The number of carboxylic acids is 1. The van der Waals surface area contributed by atoms with Crippen molar-refractivity contribution in [2.45, 2.75) is 12.5 Å². The van der Waals surface area contributed by atoms with Crippen LogP contribution in [-0.2, 0) is 4.79 Å². The lowest BCUT2D eigenvalue weighted by Gasteiger charge is -1.98. The van der Waals surface area contributed by atoms with Crippen LogP contribution < -0.4 is 0 Å². The molecule has 56 valence electrons. The number of nitro groups is 1. The van der Waals surface area contributed by atoms with Crippen molar-refractivity contribution in [1.29, 1.82) is 0 Å². The number of hydrogen-bond donors (Lipinski definition) is 1. The zero-order chi connectivity index (χ0) is 8.15. The average molecular weight is 145 g/mol. The lowest BCUT2D eigenvalue weighted by Crippen LogP contribution is -2.20. The van der Waals surface area contributed by atoms with Gasteiger partial charge in [0.05, 0.1) is 0 Å². The molecular weight excluding hydrogens is 138 g/mol. The highest BCUT2D eigenvalue weighted by Crippen LogP contribution is 1.96. The van der Waals surface area contributed by atoms with Gasteiger partial charge in [0.2, 0.25) is 6.04 Å². The molecule has 0 heterocycles. The topological polar surface area (TPSA) is 80.4 Å². The summed E-state index contributed by atoms with van der Waals surface area (Å²) in [6.45, 7) is 3.13. The highest BCUT2D eigenvalue weighted by Gasteiger charge is 2.18. The Kier molecular flexibility index (Phi) is 3.10. The fraction of sp³-hybridized carbons (Fsp3) is 0.400. The van der Waals surface area contributed by atoms with Crippen molar-refractivity contribution < 1.29 is 14.8 Å². The number of hydrogen-bond acceptors (Lipinski definition) is 3. The predicted molar refractivity (Wildman–Crippen MR) is 33.2 cm³/mol. The van der Waals surface area contributed by atoms with Crippen LogP contribution in [0.15, 0.2) is 12.7 Å². The van der Waals surface area contributed by atoms with Gasteiger partial charge in [-0.3, -0.25) is 14.9 Å². The van der Waals surface area contributed by atoms with Crippen LogP contribution in [0.5, 0.6) is 0 Å². The first-order chi connectivity index (χ1) is 4.57. The van der Waals surface area contributed by atoms with Crippen molar-refractivity contribution in [3.63, 3.8) is 0 Å². The van der Waals surface area contributed by atoms with Crippen LogP contribution >= 0.6 is 0 Å². The lowest BCUT2D eigenvalue weighted by atomic mass is 10.2. The largest absolute Gasteiger partial charge is 0.481 e. The molecular formula is C5H7NO4. The van der Waals surface area contributed by atoms with Crippen LogP contribution in [0.2, 0.25) is 0 Å². The van der Waals surface area contributed by atoms with E-state index >= 15 is 0 Å². The molecule has 0 aliphatic rings. The molecule has 1 unspecified atom stereocenters. The van der Waals surface area contributed by atoms with Gasteiger partial charge >= 0.3 is 5.97 Å². The first-order valence-corrected chi connectivity index (χ1v) is 2.55. The predicted octanol–water partition coefficient (Wildman–Crippen LogP) is 0.292. The normalized spacial score (nSPS) is 12.0. The maximum absolute atomic E-state index is 9.94. The fourth-order valence-electron chi connectivity index (χ4n) is 0.423. The van der Waals surface area contributed by atoms with Gasteiger partial charge in [0.25, 0.3) is 0 Å². The monoisotopic (exact) mass is 145 g/mol. The van der Waals surface area contributed by atoms with Gasteiger partial charge < -0.3 is 5.11 Å². The average Bonchev–Trinajstić information content (AvgIpc) is 1.81. The molecule has 0 aromatic carbocycles. The van der Waals surface area contributed by atoms with Crippen molar-refractivity contribution in [2.75, 3.05) is 0 Å². The van der Waals surface area contributed by atoms with Gasteiger partial charge in [-0.1, -0.05) is 6.58 Å². The minimum absolute atomic E-state index is 0.503. The molecule has 0 bridgehead atoms. The Labute approximate surface area is 57.1 Å². The first kappa shape index (κ1) is 8.61. The molecule has 5 nitrogen and oxygen atoms in total. The third-order valence-electron chi connectivity index (χ3n) is 0.927. The van der Waals surface area contributed by atoms with E-state index in [4.69, 9.17) is 5.11 Å². The second kappa shape index (κ2) is 3.60. The van der Waals surface area contributed by atoms with Gasteiger partial charge in [0.15, 0.2) is 0 Å². The van der Waals surface area contributed by atoms with Crippen LogP contribution in [0.25, 0.3) is 0 Å². The lowest BCUT2D eigenvalue weighted by molar-refractivity contribution is -0.508. The van der Waals surface area contributed by atoms with Crippen LogP contribution in [0, 0.1) is 10.1 Å². The molecule has 5 heteroatoms. The molecule has 0 saturated carbocycles. The number of carboxylic acid groups (broad SMARTS) is 1. The van der Waals surface area contributed by atoms with E-state index in [0.29, 0.717) is 0 Å². The highest BCUT2D eigenvalue weighted by molar-refractivity contribution is 5.67. The molecule has 0 spiro atoms. The highest BCUT2D eigenvalue weighted by atomic mass is 16.6. The minimum atomic E-state index is -1.19. The van der Waals surface area contributed by atoms with Crippen molar-refractivity contribution in [2.24, 2.45) is 0 Å². The Bertz CT molecular complexity index is 165. The van der Waals surface area contributed by atoms with E-state index in [-0.39, 0.29) is 0 Å². The van der Waals surface area contributed by atoms with Crippen LogP contribution in [-0.4, -0.2) is 22.0 Å². The maximum atomic E-state index is 9.94. The van der Waals surface area contributed by atoms with Gasteiger partial charge in [-0.25, -0.2) is 0 Å². The molecule has 1 atom stereocenters. The number of carbonyl (C=O) groups is 1. The summed E-state index contributed by atoms with van der Waals surface area (Å²) >= 11 is 0. The van der Waals surface area contributed by atoms with E-state index in [1.54, 1.807) is 0 Å². The molecule has 0 aromatic heterocycles. The summed E-state index contributed by atoms with van der Waals surface area (Å²) in [5, 5.41) is 18.0. The standard InChI is InChI=1S/C5H7NO4/c1-2-4(6(9)10)3-5(7)8/h2,4H,1,3H2,(H,7,8). The summed E-state index contributed by atoms with van der Waals surface area (Å²) in [4.78, 5) is 19.2. The van der Waals surface area contributed by atoms with Gasteiger partial charge in [0, 0.05) is 4.92 Å². The van der Waals surface area contributed by atoms with Gasteiger partial charge in [-0.05, 0) is 6.08 Å². The Morgan fingerprint density at radius 3 is 2.50 bits per heavy atom. The molecule has 0 rings (SSSR count). The van der Waals surface area contributed by atoms with E-state index in [1.807, 2.05) is 0 Å². The number of rotatable bonds is 4. The Hall–Kier alpha value is -1.39. The summed E-state index contributed by atoms with van der Waals surface area (Å²) in [5.74, 6) is -1.19. The summed E-state index contributed by atoms with van der Waals surface area (Å²) in [5.41, 5.74) is 0. The molecule has 0 radical (unpaired) electrons. The molecule has 1 N–H and O–H groups in total. The van der Waals surface area contributed by atoms with Crippen molar-refractivity contribution in [1.82, 2.24) is 0 Å². The molecule has 0 saturated heterocycles. The first-order valence-electron chi connectivity index (χ1n) is 2.55. The summed E-state index contributed by atoms with van der Waals surface area (Å²) in [6, 6.07) is -1.17.